The maximum Gasteiger partial charge on any atom is 0.270 e. The number of non-ortho nitro benzene ring substituents is 1. The van der Waals surface area contributed by atoms with E-state index in [0.29, 0.717) is 12.4 Å². The standard InChI is InChI=1S/C19H35NO4Si2/c1-18(2,3)25(7,8)23-14-15-13-16(20(21)22)11-12-17(15)24-26(9,10)19(4,5)6/h11-13H,14H2,1-10H3. The Morgan fingerprint density at radius 2 is 1.46 bits per heavy atom. The molecule has 0 N–H and O–H groups in total. The fraction of sp³-hybridized carbons (Fsp3) is 0.684. The summed E-state index contributed by atoms with van der Waals surface area (Å²) in [6.07, 6.45) is 0. The van der Waals surface area contributed by atoms with E-state index >= 15 is 0 Å². The van der Waals surface area contributed by atoms with Gasteiger partial charge in [-0.2, -0.15) is 0 Å². The number of benzene rings is 1. The summed E-state index contributed by atoms with van der Waals surface area (Å²) in [6.45, 7) is 22.1. The lowest BCUT2D eigenvalue weighted by Gasteiger charge is -2.38. The molecule has 1 aromatic carbocycles. The third-order valence-electron chi connectivity index (χ3n) is 5.82. The SMILES string of the molecule is CC(C)(C)[Si](C)(C)OCc1cc([N+](=O)[O-])ccc1O[Si](C)(C)C(C)(C)C. The summed E-state index contributed by atoms with van der Waals surface area (Å²) >= 11 is 0. The third kappa shape index (κ3) is 5.41. The van der Waals surface area contributed by atoms with Crippen LogP contribution in [-0.2, 0) is 11.0 Å². The first-order chi connectivity index (χ1) is 11.5. The van der Waals surface area contributed by atoms with Crippen molar-refractivity contribution in [3.05, 3.63) is 33.9 Å². The van der Waals surface area contributed by atoms with Crippen LogP contribution in [0.25, 0.3) is 0 Å². The van der Waals surface area contributed by atoms with Crippen molar-refractivity contribution < 1.29 is 13.8 Å². The van der Waals surface area contributed by atoms with Gasteiger partial charge in [0.05, 0.1) is 11.5 Å². The molecule has 0 aliphatic carbocycles. The van der Waals surface area contributed by atoms with Crippen LogP contribution in [0.2, 0.25) is 36.3 Å². The van der Waals surface area contributed by atoms with Crippen molar-refractivity contribution in [3.63, 3.8) is 0 Å². The van der Waals surface area contributed by atoms with E-state index in [2.05, 4.69) is 67.7 Å². The van der Waals surface area contributed by atoms with Crippen LogP contribution in [0.15, 0.2) is 18.2 Å². The van der Waals surface area contributed by atoms with Crippen LogP contribution in [0.3, 0.4) is 0 Å². The highest BCUT2D eigenvalue weighted by molar-refractivity contribution is 6.75. The Kier molecular flexibility index (Phi) is 6.54. The Hall–Kier alpha value is -1.19. The van der Waals surface area contributed by atoms with Gasteiger partial charge in [0.25, 0.3) is 5.69 Å². The summed E-state index contributed by atoms with van der Waals surface area (Å²) < 4.78 is 12.7. The van der Waals surface area contributed by atoms with Gasteiger partial charge < -0.3 is 8.85 Å². The quantitative estimate of drug-likeness (QED) is 0.312. The topological polar surface area (TPSA) is 61.6 Å². The first-order valence-corrected chi connectivity index (χ1v) is 14.9. The van der Waals surface area contributed by atoms with E-state index in [9.17, 15) is 10.1 Å². The van der Waals surface area contributed by atoms with Crippen LogP contribution in [0.4, 0.5) is 5.69 Å². The van der Waals surface area contributed by atoms with Crippen molar-refractivity contribution in [1.29, 1.82) is 0 Å². The summed E-state index contributed by atoms with van der Waals surface area (Å²) in [4.78, 5) is 10.8. The minimum absolute atomic E-state index is 0.0479. The van der Waals surface area contributed by atoms with Crippen LogP contribution in [0.5, 0.6) is 5.75 Å². The van der Waals surface area contributed by atoms with E-state index < -0.39 is 16.6 Å². The maximum atomic E-state index is 11.2. The lowest BCUT2D eigenvalue weighted by Crippen LogP contribution is -2.44. The van der Waals surface area contributed by atoms with Gasteiger partial charge >= 0.3 is 0 Å². The summed E-state index contributed by atoms with van der Waals surface area (Å²) in [5, 5.41) is 11.3. The molecule has 0 spiro atoms. The van der Waals surface area contributed by atoms with Crippen molar-refractivity contribution >= 4 is 22.3 Å². The van der Waals surface area contributed by atoms with Crippen molar-refractivity contribution in [2.45, 2.75) is 84.4 Å². The van der Waals surface area contributed by atoms with Gasteiger partial charge in [-0.3, -0.25) is 10.1 Å². The number of hydrogen-bond acceptors (Lipinski definition) is 4. The Morgan fingerprint density at radius 3 is 1.88 bits per heavy atom. The average molecular weight is 398 g/mol. The van der Waals surface area contributed by atoms with Gasteiger partial charge in [0.15, 0.2) is 8.32 Å². The third-order valence-corrected chi connectivity index (χ3v) is 14.6. The molecule has 0 aliphatic heterocycles. The van der Waals surface area contributed by atoms with E-state index in [0.717, 1.165) is 5.56 Å². The van der Waals surface area contributed by atoms with Crippen LogP contribution < -0.4 is 4.43 Å². The second-order valence-corrected chi connectivity index (χ2v) is 19.5. The molecule has 1 rings (SSSR count). The van der Waals surface area contributed by atoms with Crippen LogP contribution in [0.1, 0.15) is 47.1 Å². The molecule has 7 heteroatoms. The lowest BCUT2D eigenvalue weighted by atomic mass is 10.2. The predicted molar refractivity (Wildman–Crippen MR) is 113 cm³/mol. The van der Waals surface area contributed by atoms with Crippen LogP contribution in [-0.4, -0.2) is 21.6 Å². The lowest BCUT2D eigenvalue weighted by molar-refractivity contribution is -0.385. The predicted octanol–water partition coefficient (Wildman–Crippen LogP) is 6.50. The molecule has 0 bridgehead atoms. The zero-order valence-corrected chi connectivity index (χ0v) is 20.0. The van der Waals surface area contributed by atoms with E-state index in [1.165, 1.54) is 6.07 Å². The zero-order valence-electron chi connectivity index (χ0n) is 18.0. The van der Waals surface area contributed by atoms with Crippen molar-refractivity contribution in [2.75, 3.05) is 0 Å². The number of hydrogen-bond donors (Lipinski definition) is 0. The highest BCUT2D eigenvalue weighted by Crippen LogP contribution is 2.40. The second kappa shape index (κ2) is 7.44. The zero-order chi connectivity index (χ0) is 20.6. The fourth-order valence-electron chi connectivity index (χ4n) is 1.79. The number of rotatable bonds is 6. The molecule has 0 unspecified atom stereocenters. The van der Waals surface area contributed by atoms with Gasteiger partial charge in [-0.15, -0.1) is 0 Å². The van der Waals surface area contributed by atoms with Crippen molar-refractivity contribution in [3.8, 4) is 5.75 Å². The highest BCUT2D eigenvalue weighted by atomic mass is 28.4. The van der Waals surface area contributed by atoms with E-state index in [-0.39, 0.29) is 20.7 Å². The van der Waals surface area contributed by atoms with Gasteiger partial charge in [0, 0.05) is 17.7 Å². The molecule has 148 valence electrons. The summed E-state index contributed by atoms with van der Waals surface area (Å²) in [5.41, 5.74) is 0.829. The molecule has 1 aromatic rings. The van der Waals surface area contributed by atoms with Gasteiger partial charge in [-0.1, -0.05) is 41.5 Å². The van der Waals surface area contributed by atoms with Gasteiger partial charge in [-0.05, 0) is 42.3 Å². The molecule has 0 amide bonds. The van der Waals surface area contributed by atoms with E-state index in [1.807, 2.05) is 0 Å². The first kappa shape index (κ1) is 22.9. The van der Waals surface area contributed by atoms with Gasteiger partial charge in [0.1, 0.15) is 5.75 Å². The molecule has 0 saturated heterocycles. The number of nitro benzene ring substituents is 1. The summed E-state index contributed by atoms with van der Waals surface area (Å²) in [5.74, 6) is 0.709. The second-order valence-electron chi connectivity index (χ2n) is 9.96. The van der Waals surface area contributed by atoms with Crippen molar-refractivity contribution in [2.24, 2.45) is 0 Å². The molecular formula is C19H35NO4Si2. The Labute approximate surface area is 160 Å². The molecule has 0 aromatic heterocycles. The van der Waals surface area contributed by atoms with E-state index in [4.69, 9.17) is 8.85 Å². The summed E-state index contributed by atoms with van der Waals surface area (Å²) in [7, 11) is -4.01. The monoisotopic (exact) mass is 397 g/mol. The fourth-order valence-corrected chi connectivity index (χ4v) is 3.80. The summed E-state index contributed by atoms with van der Waals surface area (Å²) in [6, 6.07) is 4.83. The van der Waals surface area contributed by atoms with Crippen LogP contribution in [0, 0.1) is 10.1 Å². The van der Waals surface area contributed by atoms with Gasteiger partial charge in [-0.25, -0.2) is 0 Å². The minimum atomic E-state index is -2.05. The minimum Gasteiger partial charge on any atom is -0.543 e. The number of nitro groups is 1. The largest absolute Gasteiger partial charge is 0.543 e. The Balaban J connectivity index is 3.22. The highest BCUT2D eigenvalue weighted by Gasteiger charge is 2.40. The molecule has 0 fully saturated rings. The smallest absolute Gasteiger partial charge is 0.270 e. The number of nitrogens with zero attached hydrogens (tertiary/aromatic N) is 1. The Morgan fingerprint density at radius 1 is 0.962 bits per heavy atom. The molecule has 26 heavy (non-hydrogen) atoms. The molecule has 0 aliphatic rings. The van der Waals surface area contributed by atoms with Crippen molar-refractivity contribution in [1.82, 2.24) is 0 Å². The molecule has 0 saturated carbocycles. The molecular weight excluding hydrogens is 362 g/mol. The average Bonchev–Trinajstić information content (AvgIpc) is 2.43. The van der Waals surface area contributed by atoms with Gasteiger partial charge in [0.2, 0.25) is 8.32 Å². The van der Waals surface area contributed by atoms with Crippen LogP contribution >= 0.6 is 0 Å². The normalized spacial score (nSPS) is 13.6. The molecule has 5 nitrogen and oxygen atoms in total. The van der Waals surface area contributed by atoms with E-state index in [1.54, 1.807) is 12.1 Å². The Bertz CT molecular complexity index is 658. The molecule has 0 radical (unpaired) electrons. The molecule has 0 heterocycles. The molecule has 0 atom stereocenters. The first-order valence-electron chi connectivity index (χ1n) is 9.08. The maximum absolute atomic E-state index is 11.2.